The van der Waals surface area contributed by atoms with E-state index in [1.165, 1.54) is 0 Å². The van der Waals surface area contributed by atoms with Gasteiger partial charge in [0.25, 0.3) is 0 Å². The molecule has 0 fully saturated rings. The molecule has 1 aromatic carbocycles. The van der Waals surface area contributed by atoms with Gasteiger partial charge in [0.05, 0.1) is 23.2 Å². The van der Waals surface area contributed by atoms with Gasteiger partial charge in [-0.05, 0) is 32.4 Å². The van der Waals surface area contributed by atoms with E-state index in [1.807, 2.05) is 30.9 Å². The van der Waals surface area contributed by atoms with Gasteiger partial charge in [-0.15, -0.1) is 0 Å². The Morgan fingerprint density at radius 1 is 1.37 bits per heavy atom. The van der Waals surface area contributed by atoms with Crippen molar-refractivity contribution in [2.75, 3.05) is 13.2 Å². The maximum absolute atomic E-state index is 11.6. The molecule has 0 aliphatic rings. The SMILES string of the molecule is CCOC(=O)CN(Cc1cccc(Cl)c1Cl)C(C)C. The van der Waals surface area contributed by atoms with Gasteiger partial charge in [0.15, 0.2) is 0 Å². The fourth-order valence-electron chi connectivity index (χ4n) is 1.68. The van der Waals surface area contributed by atoms with Crippen LogP contribution in [-0.2, 0) is 16.1 Å². The molecule has 0 aliphatic heterocycles. The van der Waals surface area contributed by atoms with Crippen molar-refractivity contribution in [3.05, 3.63) is 33.8 Å². The summed E-state index contributed by atoms with van der Waals surface area (Å²) in [6.07, 6.45) is 0. The lowest BCUT2D eigenvalue weighted by Gasteiger charge is -2.25. The van der Waals surface area contributed by atoms with Gasteiger partial charge < -0.3 is 4.74 Å². The van der Waals surface area contributed by atoms with Crippen LogP contribution in [0.5, 0.6) is 0 Å². The number of ether oxygens (including phenoxy) is 1. The molecule has 0 bridgehead atoms. The van der Waals surface area contributed by atoms with Crippen molar-refractivity contribution in [3.8, 4) is 0 Å². The summed E-state index contributed by atoms with van der Waals surface area (Å²) in [5.74, 6) is -0.227. The Morgan fingerprint density at radius 3 is 2.63 bits per heavy atom. The highest BCUT2D eigenvalue weighted by Gasteiger charge is 2.17. The van der Waals surface area contributed by atoms with Crippen molar-refractivity contribution < 1.29 is 9.53 Å². The third kappa shape index (κ3) is 5.01. The van der Waals surface area contributed by atoms with E-state index < -0.39 is 0 Å². The molecule has 0 saturated heterocycles. The van der Waals surface area contributed by atoms with Gasteiger partial charge in [-0.1, -0.05) is 35.3 Å². The Bertz CT molecular complexity index is 435. The maximum Gasteiger partial charge on any atom is 0.320 e. The molecule has 0 unspecified atom stereocenters. The summed E-state index contributed by atoms with van der Waals surface area (Å²) in [4.78, 5) is 13.6. The van der Waals surface area contributed by atoms with Crippen molar-refractivity contribution in [1.82, 2.24) is 4.90 Å². The second-order valence-corrected chi connectivity index (χ2v) is 5.30. The van der Waals surface area contributed by atoms with E-state index in [9.17, 15) is 4.79 Å². The second-order valence-electron chi connectivity index (χ2n) is 4.52. The third-order valence-electron chi connectivity index (χ3n) is 2.77. The zero-order valence-corrected chi connectivity index (χ0v) is 13.0. The van der Waals surface area contributed by atoms with Gasteiger partial charge in [0, 0.05) is 12.6 Å². The number of nitrogens with zero attached hydrogens (tertiary/aromatic N) is 1. The van der Waals surface area contributed by atoms with Crippen LogP contribution in [0.2, 0.25) is 10.0 Å². The summed E-state index contributed by atoms with van der Waals surface area (Å²) < 4.78 is 4.97. The zero-order valence-electron chi connectivity index (χ0n) is 11.5. The maximum atomic E-state index is 11.6. The quantitative estimate of drug-likeness (QED) is 0.749. The standard InChI is InChI=1S/C14H19Cl2NO2/c1-4-19-13(18)9-17(10(2)3)8-11-6-5-7-12(15)14(11)16/h5-7,10H,4,8-9H2,1-3H3. The lowest BCUT2D eigenvalue weighted by Crippen LogP contribution is -2.36. The number of benzene rings is 1. The number of hydrogen-bond acceptors (Lipinski definition) is 3. The molecule has 0 radical (unpaired) electrons. The van der Waals surface area contributed by atoms with Crippen molar-refractivity contribution >= 4 is 29.2 Å². The molecule has 0 heterocycles. The third-order valence-corrected chi connectivity index (χ3v) is 3.63. The first-order valence-electron chi connectivity index (χ1n) is 6.28. The first-order valence-corrected chi connectivity index (χ1v) is 7.03. The number of rotatable bonds is 6. The topological polar surface area (TPSA) is 29.5 Å². The average molecular weight is 304 g/mol. The van der Waals surface area contributed by atoms with Crippen LogP contribution in [0.15, 0.2) is 18.2 Å². The summed E-state index contributed by atoms with van der Waals surface area (Å²) >= 11 is 12.2. The molecular formula is C14H19Cl2NO2. The van der Waals surface area contributed by atoms with Gasteiger partial charge in [0.2, 0.25) is 0 Å². The van der Waals surface area contributed by atoms with E-state index in [4.69, 9.17) is 27.9 Å². The van der Waals surface area contributed by atoms with E-state index in [0.29, 0.717) is 23.2 Å². The van der Waals surface area contributed by atoms with E-state index in [-0.39, 0.29) is 18.6 Å². The molecule has 1 aromatic rings. The molecule has 0 spiro atoms. The van der Waals surface area contributed by atoms with Gasteiger partial charge in [-0.3, -0.25) is 9.69 Å². The smallest absolute Gasteiger partial charge is 0.320 e. The summed E-state index contributed by atoms with van der Waals surface area (Å²) in [6.45, 7) is 7.05. The van der Waals surface area contributed by atoms with Crippen LogP contribution in [-0.4, -0.2) is 30.1 Å². The van der Waals surface area contributed by atoms with Gasteiger partial charge in [0.1, 0.15) is 0 Å². The molecule has 0 amide bonds. The normalized spacial score (nSPS) is 11.1. The molecule has 3 nitrogen and oxygen atoms in total. The van der Waals surface area contributed by atoms with Crippen LogP contribution in [0, 0.1) is 0 Å². The lowest BCUT2D eigenvalue weighted by molar-refractivity contribution is -0.145. The molecule has 0 aromatic heterocycles. The Kier molecular flexibility index (Phi) is 6.63. The van der Waals surface area contributed by atoms with Crippen molar-refractivity contribution in [2.45, 2.75) is 33.4 Å². The van der Waals surface area contributed by atoms with Gasteiger partial charge in [-0.25, -0.2) is 0 Å². The monoisotopic (exact) mass is 303 g/mol. The highest BCUT2D eigenvalue weighted by atomic mass is 35.5. The predicted octanol–water partition coefficient (Wildman–Crippen LogP) is 3.77. The molecule has 0 N–H and O–H groups in total. The van der Waals surface area contributed by atoms with Crippen molar-refractivity contribution in [2.24, 2.45) is 0 Å². The molecule has 5 heteroatoms. The molecule has 0 aliphatic carbocycles. The Balaban J connectivity index is 2.78. The fourth-order valence-corrected chi connectivity index (χ4v) is 2.06. The van der Waals surface area contributed by atoms with Crippen LogP contribution in [0.25, 0.3) is 0 Å². The van der Waals surface area contributed by atoms with E-state index in [2.05, 4.69) is 0 Å². The van der Waals surface area contributed by atoms with Crippen LogP contribution in [0.1, 0.15) is 26.3 Å². The van der Waals surface area contributed by atoms with E-state index in [1.54, 1.807) is 13.0 Å². The van der Waals surface area contributed by atoms with Crippen LogP contribution >= 0.6 is 23.2 Å². The highest BCUT2D eigenvalue weighted by molar-refractivity contribution is 6.42. The Hall–Kier alpha value is -0.770. The first-order chi connectivity index (χ1) is 8.95. The Morgan fingerprint density at radius 2 is 2.05 bits per heavy atom. The first kappa shape index (κ1) is 16.3. The van der Waals surface area contributed by atoms with Crippen molar-refractivity contribution in [3.63, 3.8) is 0 Å². The number of carbonyl (C=O) groups is 1. The minimum absolute atomic E-state index is 0.208. The predicted molar refractivity (Wildman–Crippen MR) is 78.6 cm³/mol. The highest BCUT2D eigenvalue weighted by Crippen LogP contribution is 2.26. The zero-order chi connectivity index (χ0) is 14.4. The lowest BCUT2D eigenvalue weighted by atomic mass is 10.2. The van der Waals surface area contributed by atoms with Crippen LogP contribution in [0.3, 0.4) is 0 Å². The van der Waals surface area contributed by atoms with Gasteiger partial charge >= 0.3 is 5.97 Å². The van der Waals surface area contributed by atoms with Crippen molar-refractivity contribution in [1.29, 1.82) is 0 Å². The summed E-state index contributed by atoms with van der Waals surface area (Å²) in [7, 11) is 0. The number of halogens is 2. The minimum atomic E-state index is -0.227. The second kappa shape index (κ2) is 7.73. The molecule has 106 valence electrons. The fraction of sp³-hybridized carbons (Fsp3) is 0.500. The van der Waals surface area contributed by atoms with E-state index >= 15 is 0 Å². The summed E-state index contributed by atoms with van der Waals surface area (Å²) in [5, 5.41) is 1.07. The molecule has 19 heavy (non-hydrogen) atoms. The number of carbonyl (C=O) groups excluding carboxylic acids is 1. The van der Waals surface area contributed by atoms with Crippen LogP contribution in [0.4, 0.5) is 0 Å². The van der Waals surface area contributed by atoms with Gasteiger partial charge in [-0.2, -0.15) is 0 Å². The largest absolute Gasteiger partial charge is 0.465 e. The molecule has 0 atom stereocenters. The average Bonchev–Trinajstić information content (AvgIpc) is 2.34. The molecular weight excluding hydrogens is 285 g/mol. The molecule has 0 saturated carbocycles. The van der Waals surface area contributed by atoms with E-state index in [0.717, 1.165) is 5.56 Å². The number of hydrogen-bond donors (Lipinski definition) is 0. The summed E-state index contributed by atoms with van der Waals surface area (Å²) in [6, 6.07) is 5.72. The Labute approximate surface area is 124 Å². The van der Waals surface area contributed by atoms with Crippen LogP contribution < -0.4 is 0 Å². The summed E-state index contributed by atoms with van der Waals surface area (Å²) in [5.41, 5.74) is 0.909. The molecule has 1 rings (SSSR count). The number of esters is 1. The minimum Gasteiger partial charge on any atom is -0.465 e.